The van der Waals surface area contributed by atoms with Crippen LogP contribution in [0.5, 0.6) is 0 Å². The van der Waals surface area contributed by atoms with E-state index in [2.05, 4.69) is 5.32 Å². The van der Waals surface area contributed by atoms with E-state index < -0.39 is 4.92 Å². The minimum Gasteiger partial charge on any atom is -0.321 e. The molecular weight excluding hydrogens is 280 g/mol. The normalized spacial score (nSPS) is 10.1. The van der Waals surface area contributed by atoms with Gasteiger partial charge >= 0.3 is 0 Å². The predicted molar refractivity (Wildman–Crippen MR) is 77.2 cm³/mol. The van der Waals surface area contributed by atoms with Gasteiger partial charge in [0.2, 0.25) is 0 Å². The average Bonchev–Trinajstić information content (AvgIpc) is 2.41. The van der Waals surface area contributed by atoms with Gasteiger partial charge in [0, 0.05) is 16.7 Å². The second kappa shape index (κ2) is 5.71. The number of nitro benzene ring substituents is 1. The van der Waals surface area contributed by atoms with Crippen LogP contribution in [0.1, 0.15) is 15.9 Å². The van der Waals surface area contributed by atoms with Gasteiger partial charge in [-0.05, 0) is 37.3 Å². The summed E-state index contributed by atoms with van der Waals surface area (Å²) in [5.41, 5.74) is 1.23. The van der Waals surface area contributed by atoms with Crippen molar-refractivity contribution in [2.24, 2.45) is 0 Å². The SMILES string of the molecule is Cc1c(NC(=O)c2ccc(Cl)cc2)cccc1[N+](=O)[O-]. The van der Waals surface area contributed by atoms with Crippen LogP contribution in [-0.4, -0.2) is 10.8 Å². The van der Waals surface area contributed by atoms with E-state index in [0.29, 0.717) is 21.8 Å². The molecule has 0 bridgehead atoms. The highest BCUT2D eigenvalue weighted by atomic mass is 35.5. The molecule has 0 aliphatic carbocycles. The van der Waals surface area contributed by atoms with Crippen molar-refractivity contribution in [3.05, 3.63) is 68.7 Å². The second-order valence-electron chi connectivity index (χ2n) is 4.17. The lowest BCUT2D eigenvalue weighted by Gasteiger charge is -2.08. The fourth-order valence-electron chi connectivity index (χ4n) is 1.75. The number of hydrogen-bond donors (Lipinski definition) is 1. The van der Waals surface area contributed by atoms with Crippen LogP contribution in [0.2, 0.25) is 5.02 Å². The first-order valence-corrected chi connectivity index (χ1v) is 6.18. The van der Waals surface area contributed by atoms with Gasteiger partial charge in [0.1, 0.15) is 0 Å². The van der Waals surface area contributed by atoms with Gasteiger partial charge in [-0.25, -0.2) is 0 Å². The topological polar surface area (TPSA) is 72.2 Å². The summed E-state index contributed by atoms with van der Waals surface area (Å²) < 4.78 is 0. The first kappa shape index (κ1) is 14.0. The standard InChI is InChI=1S/C14H11ClN2O3/c1-9-12(3-2-4-13(9)17(19)20)16-14(18)10-5-7-11(15)8-6-10/h2-8H,1H3,(H,16,18). The van der Waals surface area contributed by atoms with Crippen molar-refractivity contribution in [3.8, 4) is 0 Å². The average molecular weight is 291 g/mol. The lowest BCUT2D eigenvalue weighted by Crippen LogP contribution is -2.13. The molecule has 6 heteroatoms. The minimum atomic E-state index is -0.479. The number of rotatable bonds is 3. The summed E-state index contributed by atoms with van der Waals surface area (Å²) in [6.45, 7) is 1.59. The number of nitro groups is 1. The van der Waals surface area contributed by atoms with Crippen molar-refractivity contribution in [1.29, 1.82) is 0 Å². The van der Waals surface area contributed by atoms with E-state index in [4.69, 9.17) is 11.6 Å². The summed E-state index contributed by atoms with van der Waals surface area (Å²) in [5, 5.41) is 14.0. The quantitative estimate of drug-likeness (QED) is 0.690. The molecule has 0 spiro atoms. The molecule has 1 N–H and O–H groups in total. The highest BCUT2D eigenvalue weighted by Crippen LogP contribution is 2.25. The van der Waals surface area contributed by atoms with E-state index in [0.717, 1.165) is 0 Å². The maximum atomic E-state index is 12.0. The Morgan fingerprint density at radius 3 is 2.45 bits per heavy atom. The number of anilines is 1. The Balaban J connectivity index is 2.26. The smallest absolute Gasteiger partial charge is 0.274 e. The molecule has 2 rings (SSSR count). The summed E-state index contributed by atoms with van der Waals surface area (Å²) in [6, 6.07) is 10.9. The number of benzene rings is 2. The minimum absolute atomic E-state index is 0.0288. The molecule has 0 unspecified atom stereocenters. The predicted octanol–water partition coefficient (Wildman–Crippen LogP) is 3.81. The third-order valence-corrected chi connectivity index (χ3v) is 3.11. The second-order valence-corrected chi connectivity index (χ2v) is 4.60. The molecule has 0 radical (unpaired) electrons. The van der Waals surface area contributed by atoms with E-state index in [1.807, 2.05) is 0 Å². The largest absolute Gasteiger partial charge is 0.321 e. The van der Waals surface area contributed by atoms with E-state index in [1.165, 1.54) is 12.1 Å². The van der Waals surface area contributed by atoms with Gasteiger partial charge in [0.15, 0.2) is 0 Å². The molecular formula is C14H11ClN2O3. The maximum Gasteiger partial charge on any atom is 0.274 e. The first-order valence-electron chi connectivity index (χ1n) is 5.80. The molecule has 0 saturated heterocycles. The Bertz CT molecular complexity index is 669. The van der Waals surface area contributed by atoms with Crippen molar-refractivity contribution < 1.29 is 9.72 Å². The molecule has 0 atom stereocenters. The van der Waals surface area contributed by atoms with Gasteiger partial charge < -0.3 is 5.32 Å². The molecule has 102 valence electrons. The summed E-state index contributed by atoms with van der Waals surface area (Å²) >= 11 is 5.75. The van der Waals surface area contributed by atoms with Crippen LogP contribution in [0.15, 0.2) is 42.5 Å². The Morgan fingerprint density at radius 1 is 1.20 bits per heavy atom. The van der Waals surface area contributed by atoms with Crippen molar-refractivity contribution in [2.45, 2.75) is 6.92 Å². The molecule has 2 aromatic carbocycles. The molecule has 0 heterocycles. The summed E-state index contributed by atoms with van der Waals surface area (Å²) in [7, 11) is 0. The van der Waals surface area contributed by atoms with Crippen molar-refractivity contribution in [1.82, 2.24) is 0 Å². The Morgan fingerprint density at radius 2 is 1.85 bits per heavy atom. The number of nitrogens with one attached hydrogen (secondary N) is 1. The highest BCUT2D eigenvalue weighted by Gasteiger charge is 2.15. The van der Waals surface area contributed by atoms with Crippen LogP contribution in [0.25, 0.3) is 0 Å². The third-order valence-electron chi connectivity index (χ3n) is 2.86. The molecule has 0 aromatic heterocycles. The number of carbonyl (C=O) groups excluding carboxylic acids is 1. The van der Waals surface area contributed by atoms with E-state index in [1.54, 1.807) is 37.3 Å². The molecule has 0 saturated carbocycles. The van der Waals surface area contributed by atoms with Crippen molar-refractivity contribution in [3.63, 3.8) is 0 Å². The number of carbonyl (C=O) groups is 1. The van der Waals surface area contributed by atoms with Crippen LogP contribution in [0.4, 0.5) is 11.4 Å². The molecule has 1 amide bonds. The third kappa shape index (κ3) is 2.95. The van der Waals surface area contributed by atoms with E-state index in [-0.39, 0.29) is 11.6 Å². The summed E-state index contributed by atoms with van der Waals surface area (Å²) in [5.74, 6) is -0.342. The number of halogens is 1. The van der Waals surface area contributed by atoms with Gasteiger partial charge in [0.25, 0.3) is 11.6 Å². The number of amides is 1. The monoisotopic (exact) mass is 290 g/mol. The zero-order chi connectivity index (χ0) is 14.7. The Kier molecular flexibility index (Phi) is 4.00. The van der Waals surface area contributed by atoms with E-state index >= 15 is 0 Å². The van der Waals surface area contributed by atoms with Crippen LogP contribution in [0.3, 0.4) is 0 Å². The zero-order valence-corrected chi connectivity index (χ0v) is 11.3. The highest BCUT2D eigenvalue weighted by molar-refractivity contribution is 6.30. The van der Waals surface area contributed by atoms with Gasteiger partial charge in [-0.3, -0.25) is 14.9 Å². The molecule has 0 aliphatic heterocycles. The van der Waals surface area contributed by atoms with Crippen molar-refractivity contribution >= 4 is 28.9 Å². The number of hydrogen-bond acceptors (Lipinski definition) is 3. The molecule has 0 fully saturated rings. The summed E-state index contributed by atoms with van der Waals surface area (Å²) in [6.07, 6.45) is 0. The van der Waals surface area contributed by atoms with Crippen LogP contribution < -0.4 is 5.32 Å². The molecule has 20 heavy (non-hydrogen) atoms. The van der Waals surface area contributed by atoms with Crippen molar-refractivity contribution in [2.75, 3.05) is 5.32 Å². The summed E-state index contributed by atoms with van der Waals surface area (Å²) in [4.78, 5) is 22.4. The first-order chi connectivity index (χ1) is 9.49. The molecule has 5 nitrogen and oxygen atoms in total. The van der Waals surface area contributed by atoms with Crippen LogP contribution >= 0.6 is 11.6 Å². The van der Waals surface area contributed by atoms with Gasteiger partial charge in [-0.1, -0.05) is 17.7 Å². The Hall–Kier alpha value is -2.40. The number of nitrogens with zero attached hydrogens (tertiary/aromatic N) is 1. The lowest BCUT2D eigenvalue weighted by atomic mass is 10.1. The van der Waals surface area contributed by atoms with Gasteiger partial charge in [0.05, 0.1) is 16.2 Å². The zero-order valence-electron chi connectivity index (χ0n) is 10.6. The van der Waals surface area contributed by atoms with Crippen LogP contribution in [0, 0.1) is 17.0 Å². The van der Waals surface area contributed by atoms with E-state index in [9.17, 15) is 14.9 Å². The van der Waals surface area contributed by atoms with Crippen LogP contribution in [-0.2, 0) is 0 Å². The fourth-order valence-corrected chi connectivity index (χ4v) is 1.88. The lowest BCUT2D eigenvalue weighted by molar-refractivity contribution is -0.385. The van der Waals surface area contributed by atoms with Gasteiger partial charge in [-0.2, -0.15) is 0 Å². The fraction of sp³-hybridized carbons (Fsp3) is 0.0714. The van der Waals surface area contributed by atoms with Gasteiger partial charge in [-0.15, -0.1) is 0 Å². The maximum absolute atomic E-state index is 12.0. The molecule has 0 aliphatic rings. The Labute approximate surface area is 120 Å². The molecule has 2 aromatic rings.